The van der Waals surface area contributed by atoms with Crippen molar-refractivity contribution >= 4 is 13.9 Å². The van der Waals surface area contributed by atoms with Crippen LogP contribution in [0.25, 0.3) is 11.1 Å². The van der Waals surface area contributed by atoms with E-state index in [4.69, 9.17) is 28.5 Å². The molecule has 9 nitrogen and oxygen atoms in total. The zero-order chi connectivity index (χ0) is 24.1. The van der Waals surface area contributed by atoms with Crippen LogP contribution in [0.15, 0.2) is 48.5 Å². The molecule has 34 heavy (non-hydrogen) atoms. The minimum absolute atomic E-state index is 0.0520. The molecule has 2 fully saturated rings. The Kier molecular flexibility index (Phi) is 6.04. The third-order valence-electron chi connectivity index (χ3n) is 6.69. The van der Waals surface area contributed by atoms with Crippen molar-refractivity contribution < 1.29 is 37.9 Å². The molecular formula is C24H28NO8P. The number of rotatable bonds is 6. The predicted molar refractivity (Wildman–Crippen MR) is 122 cm³/mol. The number of phosphoric acid groups is 1. The topological polar surface area (TPSA) is 124 Å². The first-order valence-electron chi connectivity index (χ1n) is 11.3. The molecule has 0 unspecified atom stereocenters. The number of ether oxygens (including phenoxy) is 3. The minimum atomic E-state index is -4.62. The Morgan fingerprint density at radius 3 is 2.24 bits per heavy atom. The number of nitrogens with one attached hydrogen (secondary N) is 1. The summed E-state index contributed by atoms with van der Waals surface area (Å²) in [6, 6.07) is 15.8. The number of phosphoric ester groups is 1. The van der Waals surface area contributed by atoms with Crippen LogP contribution in [-0.2, 0) is 23.3 Å². The quantitative estimate of drug-likeness (QED) is 0.527. The van der Waals surface area contributed by atoms with Crippen molar-refractivity contribution in [1.29, 1.82) is 0 Å². The van der Waals surface area contributed by atoms with Gasteiger partial charge in [-0.2, -0.15) is 0 Å². The van der Waals surface area contributed by atoms with E-state index < -0.39 is 38.0 Å². The molecule has 2 aliphatic carbocycles. The van der Waals surface area contributed by atoms with E-state index in [2.05, 4.69) is 29.6 Å². The number of carbonyl (C=O) groups excluding carboxylic acids is 1. The lowest BCUT2D eigenvalue weighted by Gasteiger charge is -2.24. The molecule has 3 N–H and O–H groups in total. The highest BCUT2D eigenvalue weighted by Gasteiger charge is 2.54. The molecule has 2 aromatic carbocycles. The molecule has 3 aliphatic rings. The van der Waals surface area contributed by atoms with E-state index in [-0.39, 0.29) is 25.0 Å². The SMILES string of the molecule is CC1(C)O[C@@H]2[C@@H](COP(=O)(O)O)C[C@@H](NC(=O)OCC3c4ccccc4-c4ccccc43)[C@@H]2O1. The van der Waals surface area contributed by atoms with Gasteiger partial charge in [-0.3, -0.25) is 4.52 Å². The monoisotopic (exact) mass is 489 g/mol. The summed E-state index contributed by atoms with van der Waals surface area (Å²) < 4.78 is 33.4. The Labute approximate surface area is 197 Å². The van der Waals surface area contributed by atoms with E-state index >= 15 is 0 Å². The number of carbonyl (C=O) groups is 1. The van der Waals surface area contributed by atoms with Gasteiger partial charge in [-0.15, -0.1) is 0 Å². The van der Waals surface area contributed by atoms with Crippen molar-refractivity contribution in [2.24, 2.45) is 5.92 Å². The second-order valence-corrected chi connectivity index (χ2v) is 10.7. The van der Waals surface area contributed by atoms with Crippen molar-refractivity contribution in [2.75, 3.05) is 13.2 Å². The maximum Gasteiger partial charge on any atom is 0.469 e. The van der Waals surface area contributed by atoms with Crippen molar-refractivity contribution in [2.45, 2.75) is 50.2 Å². The zero-order valence-electron chi connectivity index (χ0n) is 18.9. The number of hydrogen-bond acceptors (Lipinski definition) is 6. The summed E-state index contributed by atoms with van der Waals surface area (Å²) in [7, 11) is -4.62. The number of amides is 1. The fourth-order valence-electron chi connectivity index (χ4n) is 5.38. The molecule has 2 aromatic rings. The maximum absolute atomic E-state index is 12.8. The van der Waals surface area contributed by atoms with Crippen LogP contribution in [0.3, 0.4) is 0 Å². The van der Waals surface area contributed by atoms with E-state index in [0.29, 0.717) is 6.42 Å². The molecule has 0 radical (unpaired) electrons. The first kappa shape index (κ1) is 23.5. The van der Waals surface area contributed by atoms with Crippen LogP contribution in [-0.4, -0.2) is 53.1 Å². The fourth-order valence-corrected chi connectivity index (χ4v) is 5.76. The van der Waals surface area contributed by atoms with Crippen LogP contribution in [0.5, 0.6) is 0 Å². The summed E-state index contributed by atoms with van der Waals surface area (Å²) in [6.45, 7) is 3.51. The van der Waals surface area contributed by atoms with Gasteiger partial charge >= 0.3 is 13.9 Å². The molecule has 1 amide bonds. The lowest BCUT2D eigenvalue weighted by atomic mass is 9.98. The first-order valence-corrected chi connectivity index (χ1v) is 12.8. The summed E-state index contributed by atoms with van der Waals surface area (Å²) >= 11 is 0. The van der Waals surface area contributed by atoms with Gasteiger partial charge in [0.1, 0.15) is 12.7 Å². The Balaban J connectivity index is 1.24. The predicted octanol–water partition coefficient (Wildman–Crippen LogP) is 3.54. The molecule has 0 bridgehead atoms. The van der Waals surface area contributed by atoms with Crippen molar-refractivity contribution in [3.63, 3.8) is 0 Å². The van der Waals surface area contributed by atoms with Gasteiger partial charge in [-0.1, -0.05) is 48.5 Å². The van der Waals surface area contributed by atoms with Crippen molar-refractivity contribution in [3.05, 3.63) is 59.7 Å². The highest BCUT2D eigenvalue weighted by molar-refractivity contribution is 7.46. The highest BCUT2D eigenvalue weighted by Crippen LogP contribution is 2.46. The number of alkyl carbamates (subject to hydrolysis) is 1. The minimum Gasteiger partial charge on any atom is -0.449 e. The number of fused-ring (bicyclic) bond motifs is 4. The van der Waals surface area contributed by atoms with Crippen LogP contribution in [0.4, 0.5) is 4.79 Å². The van der Waals surface area contributed by atoms with Crippen LogP contribution < -0.4 is 5.32 Å². The Bertz CT molecular complexity index is 1090. The van der Waals surface area contributed by atoms with Gasteiger partial charge in [-0.25, -0.2) is 9.36 Å². The van der Waals surface area contributed by atoms with E-state index in [0.717, 1.165) is 22.3 Å². The van der Waals surface area contributed by atoms with Crippen molar-refractivity contribution in [3.8, 4) is 11.1 Å². The van der Waals surface area contributed by atoms with Gasteiger partial charge in [0.15, 0.2) is 5.79 Å². The molecule has 4 atom stereocenters. The summed E-state index contributed by atoms with van der Waals surface area (Å²) in [5, 5.41) is 2.87. The summed E-state index contributed by atoms with van der Waals surface area (Å²) in [6.07, 6.45) is -1.12. The molecular weight excluding hydrogens is 461 g/mol. The molecule has 1 saturated carbocycles. The summed E-state index contributed by atoms with van der Waals surface area (Å²) in [4.78, 5) is 30.9. The van der Waals surface area contributed by atoms with Crippen LogP contribution in [0.1, 0.15) is 37.3 Å². The molecule has 5 rings (SSSR count). The Hall–Kier alpha value is -2.26. The Morgan fingerprint density at radius 2 is 1.62 bits per heavy atom. The van der Waals surface area contributed by atoms with Crippen molar-refractivity contribution in [1.82, 2.24) is 5.32 Å². The first-order chi connectivity index (χ1) is 16.1. The molecule has 1 saturated heterocycles. The van der Waals surface area contributed by atoms with Gasteiger partial charge in [-0.05, 0) is 42.5 Å². The molecule has 0 aromatic heterocycles. The van der Waals surface area contributed by atoms with E-state index in [1.54, 1.807) is 13.8 Å². The highest BCUT2D eigenvalue weighted by atomic mass is 31.2. The van der Waals surface area contributed by atoms with Gasteiger partial charge < -0.3 is 29.3 Å². The zero-order valence-corrected chi connectivity index (χ0v) is 19.8. The standard InChI is InChI=1S/C24H28NO8P/c1-24(2)32-21-14(12-31-34(27,28)29)11-20(22(21)33-24)25-23(26)30-13-19-17-9-5-3-7-15(17)16-8-4-6-10-18(16)19/h3-10,14,19-22H,11-13H2,1-2H3,(H,25,26)(H2,27,28,29)/t14-,20-,21-,22+/m1/s1. The second-order valence-electron chi connectivity index (χ2n) is 9.42. The van der Waals surface area contributed by atoms with Crippen LogP contribution in [0.2, 0.25) is 0 Å². The molecule has 182 valence electrons. The largest absolute Gasteiger partial charge is 0.469 e. The average molecular weight is 489 g/mol. The lowest BCUT2D eigenvalue weighted by Crippen LogP contribution is -2.43. The fraction of sp³-hybridized carbons (Fsp3) is 0.458. The van der Waals surface area contributed by atoms with E-state index in [1.165, 1.54) is 0 Å². The second kappa shape index (κ2) is 8.75. The third kappa shape index (κ3) is 4.64. The molecule has 1 aliphatic heterocycles. The lowest BCUT2D eigenvalue weighted by molar-refractivity contribution is -0.159. The molecule has 0 spiro atoms. The number of hydrogen-bond donors (Lipinski definition) is 3. The maximum atomic E-state index is 12.8. The van der Waals surface area contributed by atoms with Crippen LogP contribution >= 0.6 is 7.82 Å². The third-order valence-corrected chi connectivity index (χ3v) is 7.17. The summed E-state index contributed by atoms with van der Waals surface area (Å²) in [5.74, 6) is -1.28. The van der Waals surface area contributed by atoms with E-state index in [9.17, 15) is 9.36 Å². The van der Waals surface area contributed by atoms with E-state index in [1.807, 2.05) is 24.3 Å². The van der Waals surface area contributed by atoms with Gasteiger partial charge in [0.2, 0.25) is 0 Å². The number of benzene rings is 2. The Morgan fingerprint density at radius 1 is 1.03 bits per heavy atom. The normalized spacial score (nSPS) is 27.2. The molecule has 1 heterocycles. The average Bonchev–Trinajstić information content (AvgIpc) is 3.38. The van der Waals surface area contributed by atoms with Gasteiger partial charge in [0.05, 0.1) is 18.8 Å². The molecule has 10 heteroatoms. The van der Waals surface area contributed by atoms with Gasteiger partial charge in [0, 0.05) is 11.8 Å². The summed E-state index contributed by atoms with van der Waals surface area (Å²) in [5.41, 5.74) is 4.55. The van der Waals surface area contributed by atoms with Crippen LogP contribution in [0, 0.1) is 5.92 Å². The smallest absolute Gasteiger partial charge is 0.449 e. The van der Waals surface area contributed by atoms with Gasteiger partial charge in [0.25, 0.3) is 0 Å².